The van der Waals surface area contributed by atoms with Crippen molar-refractivity contribution in [1.29, 1.82) is 0 Å². The number of imidazole rings is 1. The van der Waals surface area contributed by atoms with Gasteiger partial charge in [-0.2, -0.15) is 0 Å². The first-order valence-corrected chi connectivity index (χ1v) is 16.0. The third kappa shape index (κ3) is 6.89. The SMILES string of the molecule is COc1cc2c(Oc3ccc(NC(=O)c4c(C)n(-c5ccncc5)c(=O)n4C)cc3F)ccnc2cc1OCCCN1CCC(C)CC1. The molecule has 48 heavy (non-hydrogen) atoms. The van der Waals surface area contributed by atoms with E-state index in [0.717, 1.165) is 32.0 Å². The number of ether oxygens (including phenoxy) is 3. The van der Waals surface area contributed by atoms with Crippen LogP contribution in [-0.4, -0.2) is 63.3 Å². The summed E-state index contributed by atoms with van der Waals surface area (Å²) in [4.78, 5) is 37.1. The molecule has 4 heterocycles. The van der Waals surface area contributed by atoms with Crippen molar-refractivity contribution in [2.24, 2.45) is 13.0 Å². The minimum absolute atomic E-state index is 0.0423. The van der Waals surface area contributed by atoms with E-state index in [4.69, 9.17) is 14.2 Å². The molecule has 0 atom stereocenters. The van der Waals surface area contributed by atoms with Crippen LogP contribution in [0.5, 0.6) is 23.0 Å². The maximum atomic E-state index is 15.4. The predicted octanol–water partition coefficient (Wildman–Crippen LogP) is 6.12. The van der Waals surface area contributed by atoms with Crippen molar-refractivity contribution in [2.75, 3.05) is 38.7 Å². The lowest BCUT2D eigenvalue weighted by molar-refractivity contribution is 0.101. The van der Waals surface area contributed by atoms with Gasteiger partial charge >= 0.3 is 5.69 Å². The van der Waals surface area contributed by atoms with Gasteiger partial charge in [0.05, 0.1) is 30.6 Å². The number of benzene rings is 2. The maximum absolute atomic E-state index is 15.4. The van der Waals surface area contributed by atoms with Gasteiger partial charge in [0.15, 0.2) is 23.1 Å². The molecule has 0 bridgehead atoms. The van der Waals surface area contributed by atoms with Crippen LogP contribution in [0.3, 0.4) is 0 Å². The van der Waals surface area contributed by atoms with Crippen molar-refractivity contribution in [3.05, 3.63) is 94.8 Å². The lowest BCUT2D eigenvalue weighted by atomic mass is 9.99. The summed E-state index contributed by atoms with van der Waals surface area (Å²) in [5.74, 6) is 0.996. The molecule has 0 saturated carbocycles. The average Bonchev–Trinajstić information content (AvgIpc) is 3.31. The number of hydrogen-bond donors (Lipinski definition) is 1. The number of carbonyl (C=O) groups is 1. The number of carbonyl (C=O) groups excluding carboxylic acids is 1. The number of likely N-dealkylation sites (tertiary alicyclic amines) is 1. The summed E-state index contributed by atoms with van der Waals surface area (Å²) in [5, 5.41) is 3.31. The fraction of sp³-hybridized carbons (Fsp3) is 0.333. The van der Waals surface area contributed by atoms with Gasteiger partial charge in [0.1, 0.15) is 11.4 Å². The van der Waals surface area contributed by atoms with Crippen LogP contribution in [0.1, 0.15) is 42.4 Å². The van der Waals surface area contributed by atoms with Crippen molar-refractivity contribution in [2.45, 2.75) is 33.1 Å². The molecule has 5 aromatic rings. The number of amides is 1. The summed E-state index contributed by atoms with van der Waals surface area (Å²) in [6.45, 7) is 7.79. The third-order valence-corrected chi connectivity index (χ3v) is 8.78. The Hall–Kier alpha value is -5.23. The van der Waals surface area contributed by atoms with Crippen molar-refractivity contribution in [1.82, 2.24) is 24.0 Å². The molecule has 1 amide bonds. The lowest BCUT2D eigenvalue weighted by Gasteiger charge is -2.30. The molecule has 1 aliphatic heterocycles. The molecule has 11 nitrogen and oxygen atoms in total. The first kappa shape index (κ1) is 32.7. The summed E-state index contributed by atoms with van der Waals surface area (Å²) in [6, 6.07) is 12.7. The van der Waals surface area contributed by atoms with Gasteiger partial charge in [0.25, 0.3) is 5.91 Å². The number of fused-ring (bicyclic) bond motifs is 1. The molecule has 2 aromatic carbocycles. The number of aromatic nitrogens is 4. The lowest BCUT2D eigenvalue weighted by Crippen LogP contribution is -2.34. The Balaban J connectivity index is 1.15. The van der Waals surface area contributed by atoms with Crippen molar-refractivity contribution >= 4 is 22.5 Å². The van der Waals surface area contributed by atoms with Gasteiger partial charge in [0.2, 0.25) is 0 Å². The van der Waals surface area contributed by atoms with Gasteiger partial charge in [0, 0.05) is 55.4 Å². The third-order valence-electron chi connectivity index (χ3n) is 8.78. The first-order chi connectivity index (χ1) is 23.2. The molecule has 1 aliphatic rings. The highest BCUT2D eigenvalue weighted by Crippen LogP contribution is 2.38. The number of rotatable bonds is 11. The van der Waals surface area contributed by atoms with Crippen LogP contribution in [0, 0.1) is 18.7 Å². The van der Waals surface area contributed by atoms with E-state index in [0.29, 0.717) is 46.1 Å². The Labute approximate surface area is 277 Å². The van der Waals surface area contributed by atoms with Crippen molar-refractivity contribution in [3.8, 4) is 28.7 Å². The summed E-state index contributed by atoms with van der Waals surface area (Å²) in [5.41, 5.74) is 1.59. The summed E-state index contributed by atoms with van der Waals surface area (Å²) in [7, 11) is 3.08. The second-order valence-electron chi connectivity index (χ2n) is 12.1. The van der Waals surface area contributed by atoms with Crippen LogP contribution in [0.2, 0.25) is 0 Å². The molecular formula is C36H39FN6O5. The first-order valence-electron chi connectivity index (χ1n) is 16.0. The molecule has 1 N–H and O–H groups in total. The van der Waals surface area contributed by atoms with E-state index in [-0.39, 0.29) is 22.8 Å². The van der Waals surface area contributed by atoms with Gasteiger partial charge in [-0.15, -0.1) is 0 Å². The number of halogens is 1. The zero-order chi connectivity index (χ0) is 33.8. The van der Waals surface area contributed by atoms with Crippen LogP contribution < -0.4 is 25.2 Å². The Morgan fingerprint density at radius 3 is 2.50 bits per heavy atom. The number of nitrogens with one attached hydrogen (secondary N) is 1. The van der Waals surface area contributed by atoms with Crippen LogP contribution in [0.15, 0.2) is 71.9 Å². The predicted molar refractivity (Wildman–Crippen MR) is 181 cm³/mol. The van der Waals surface area contributed by atoms with Gasteiger partial charge < -0.3 is 24.4 Å². The van der Waals surface area contributed by atoms with Crippen molar-refractivity contribution in [3.63, 3.8) is 0 Å². The monoisotopic (exact) mass is 654 g/mol. The zero-order valence-corrected chi connectivity index (χ0v) is 27.5. The van der Waals surface area contributed by atoms with Crippen LogP contribution in [0.4, 0.5) is 10.1 Å². The molecule has 0 unspecified atom stereocenters. The van der Waals surface area contributed by atoms with Crippen LogP contribution in [-0.2, 0) is 7.05 Å². The minimum Gasteiger partial charge on any atom is -0.493 e. The second-order valence-corrected chi connectivity index (χ2v) is 12.1. The van der Waals surface area contributed by atoms with Gasteiger partial charge in [-0.3, -0.25) is 23.9 Å². The maximum Gasteiger partial charge on any atom is 0.333 e. The summed E-state index contributed by atoms with van der Waals surface area (Å²) >= 11 is 0. The quantitative estimate of drug-likeness (QED) is 0.170. The average molecular weight is 655 g/mol. The highest BCUT2D eigenvalue weighted by Gasteiger charge is 2.22. The number of methoxy groups -OCH3 is 1. The molecule has 12 heteroatoms. The Morgan fingerprint density at radius 2 is 1.77 bits per heavy atom. The molecule has 1 fully saturated rings. The van der Waals surface area contributed by atoms with Crippen molar-refractivity contribution < 1.29 is 23.4 Å². The molecule has 3 aromatic heterocycles. The van der Waals surface area contributed by atoms with E-state index in [2.05, 4.69) is 27.1 Å². The highest BCUT2D eigenvalue weighted by molar-refractivity contribution is 6.04. The molecule has 1 saturated heterocycles. The highest BCUT2D eigenvalue weighted by atomic mass is 19.1. The number of hydrogen-bond acceptors (Lipinski definition) is 8. The second kappa shape index (κ2) is 14.3. The van der Waals surface area contributed by atoms with Gasteiger partial charge in [-0.25, -0.2) is 9.18 Å². The Bertz CT molecular complexity index is 1990. The topological polar surface area (TPSA) is 113 Å². The van der Waals surface area contributed by atoms with E-state index < -0.39 is 11.7 Å². The molecule has 250 valence electrons. The largest absolute Gasteiger partial charge is 0.493 e. The normalized spacial score (nSPS) is 13.9. The van der Waals surface area contributed by atoms with E-state index in [1.807, 2.05) is 0 Å². The van der Waals surface area contributed by atoms with Gasteiger partial charge in [-0.1, -0.05) is 6.92 Å². The number of pyridine rings is 2. The smallest absolute Gasteiger partial charge is 0.333 e. The van der Waals surface area contributed by atoms with E-state index >= 15 is 4.39 Å². The number of nitrogens with zero attached hydrogens (tertiary/aromatic N) is 5. The summed E-state index contributed by atoms with van der Waals surface area (Å²) in [6.07, 6.45) is 8.10. The zero-order valence-electron chi connectivity index (χ0n) is 27.5. The standard InChI is InChI=1S/C36H39FN6O5/c1-23-11-17-42(18-12-23)16-5-19-47-33-22-29-27(21-32(33)46-4)30(10-15-39-29)48-31-7-6-25(20-28(31)37)40-35(44)34-24(2)43(36(45)41(34)3)26-8-13-38-14-9-26/h6-10,13-15,20-23H,5,11-12,16-19H2,1-4H3,(H,40,44). The van der Waals surface area contributed by atoms with E-state index in [9.17, 15) is 9.59 Å². The van der Waals surface area contributed by atoms with E-state index in [1.165, 1.54) is 47.2 Å². The van der Waals surface area contributed by atoms with Crippen LogP contribution in [0.25, 0.3) is 16.6 Å². The van der Waals surface area contributed by atoms with E-state index in [1.54, 1.807) is 63.0 Å². The Morgan fingerprint density at radius 1 is 1.00 bits per heavy atom. The molecule has 0 spiro atoms. The molecule has 6 rings (SSSR count). The molecule has 0 aliphatic carbocycles. The minimum atomic E-state index is -0.687. The molecular weight excluding hydrogens is 615 g/mol. The molecule has 0 radical (unpaired) electrons. The fourth-order valence-corrected chi connectivity index (χ4v) is 6.07. The fourth-order valence-electron chi connectivity index (χ4n) is 6.07. The van der Waals surface area contributed by atoms with Gasteiger partial charge in [-0.05, 0) is 81.6 Å². The number of anilines is 1. The van der Waals surface area contributed by atoms with Crippen LogP contribution >= 0.6 is 0 Å². The summed E-state index contributed by atoms with van der Waals surface area (Å²) < 4.78 is 35.8. The number of piperidine rings is 1. The Kier molecular flexibility index (Phi) is 9.72.